The van der Waals surface area contributed by atoms with Crippen LogP contribution in [0, 0.1) is 0 Å². The first kappa shape index (κ1) is 19.8. The van der Waals surface area contributed by atoms with Gasteiger partial charge in [-0.1, -0.05) is 48.9 Å². The molecule has 140 valence electrons. The van der Waals surface area contributed by atoms with Crippen LogP contribution in [0.4, 0.5) is 29.7 Å². The highest BCUT2D eigenvalue weighted by atomic mass is 35.5. The summed E-state index contributed by atoms with van der Waals surface area (Å²) in [5.41, 5.74) is -0.468. The molecule has 0 aliphatic heterocycles. The molecule has 26 heavy (non-hydrogen) atoms. The number of alkyl halides is 3. The van der Waals surface area contributed by atoms with Crippen LogP contribution in [0.2, 0.25) is 5.02 Å². The fraction of sp³-hybridized carbons (Fsp3) is 0.312. The quantitative estimate of drug-likeness (QED) is 0.707. The Kier molecular flexibility index (Phi) is 6.25. The molecule has 3 N–H and O–H groups in total. The van der Waals surface area contributed by atoms with Gasteiger partial charge in [0.05, 0.1) is 6.04 Å². The van der Waals surface area contributed by atoms with Gasteiger partial charge in [-0.3, -0.25) is 5.32 Å². The number of nitrogens with one attached hydrogen (secondary N) is 3. The first-order valence-corrected chi connectivity index (χ1v) is 8.09. The van der Waals surface area contributed by atoms with Crippen molar-refractivity contribution in [3.8, 4) is 0 Å². The first-order chi connectivity index (χ1) is 12.3. The molecular weight excluding hydrogens is 371 g/mol. The molecular formula is C16H17ClF3N5O. The average molecular weight is 388 g/mol. The number of halogens is 4. The molecule has 0 saturated carbocycles. The number of benzene rings is 1. The molecule has 2 aromatic rings. The van der Waals surface area contributed by atoms with E-state index in [0.29, 0.717) is 6.42 Å². The Balaban J connectivity index is 2.45. The van der Waals surface area contributed by atoms with Gasteiger partial charge < -0.3 is 10.6 Å². The van der Waals surface area contributed by atoms with E-state index in [4.69, 9.17) is 11.6 Å². The van der Waals surface area contributed by atoms with E-state index >= 15 is 0 Å². The minimum atomic E-state index is -4.80. The van der Waals surface area contributed by atoms with Crippen molar-refractivity contribution < 1.29 is 18.0 Å². The molecule has 0 saturated heterocycles. The highest BCUT2D eigenvalue weighted by Gasteiger charge is 2.38. The number of aromatic nitrogens is 2. The predicted molar refractivity (Wildman–Crippen MR) is 93.2 cm³/mol. The highest BCUT2D eigenvalue weighted by Crippen LogP contribution is 2.38. The molecule has 0 bridgehead atoms. The van der Waals surface area contributed by atoms with Gasteiger partial charge in [-0.15, -0.1) is 0 Å². The summed E-state index contributed by atoms with van der Waals surface area (Å²) >= 11 is 5.89. The number of urea groups is 1. The van der Waals surface area contributed by atoms with E-state index in [1.807, 2.05) is 37.3 Å². The predicted octanol–water partition coefficient (Wildman–Crippen LogP) is 4.46. The molecule has 0 aliphatic rings. The molecule has 1 heterocycles. The van der Waals surface area contributed by atoms with E-state index in [9.17, 15) is 18.0 Å². The number of amides is 2. The van der Waals surface area contributed by atoms with E-state index in [0.717, 1.165) is 5.56 Å². The summed E-state index contributed by atoms with van der Waals surface area (Å²) in [4.78, 5) is 18.6. The summed E-state index contributed by atoms with van der Waals surface area (Å²) in [5, 5.41) is 6.60. The molecule has 10 heteroatoms. The molecule has 1 aromatic carbocycles. The standard InChI is InChI=1S/C16H17ClF3N5O/c1-3-10(9-7-5-4-6-8-9)22-13-11(17)12(16(18,19)20)23-14(24-13)25-15(26)21-2/h4-8,10H,3H2,1-2H3,(H3,21,22,23,24,25,26). The molecule has 6 nitrogen and oxygen atoms in total. The maximum Gasteiger partial charge on any atom is 0.435 e. The number of hydrogen-bond acceptors (Lipinski definition) is 4. The van der Waals surface area contributed by atoms with Crippen LogP contribution in [-0.4, -0.2) is 23.0 Å². The summed E-state index contributed by atoms with van der Waals surface area (Å²) in [6.07, 6.45) is -4.23. The zero-order valence-electron chi connectivity index (χ0n) is 14.0. The Labute approximate surface area is 153 Å². The molecule has 0 fully saturated rings. The third-order valence-electron chi connectivity index (χ3n) is 3.49. The number of carbonyl (C=O) groups is 1. The van der Waals surface area contributed by atoms with Crippen LogP contribution in [0.15, 0.2) is 30.3 Å². The summed E-state index contributed by atoms with van der Waals surface area (Å²) in [7, 11) is 1.32. The van der Waals surface area contributed by atoms with Crippen molar-refractivity contribution in [2.75, 3.05) is 17.7 Å². The largest absolute Gasteiger partial charge is 0.435 e. The zero-order valence-corrected chi connectivity index (χ0v) is 14.7. The highest BCUT2D eigenvalue weighted by molar-refractivity contribution is 6.33. The van der Waals surface area contributed by atoms with Crippen LogP contribution in [0.1, 0.15) is 30.6 Å². The SMILES string of the molecule is CCC(Nc1nc(NC(=O)NC)nc(C(F)(F)F)c1Cl)c1ccccc1. The molecule has 1 unspecified atom stereocenters. The van der Waals surface area contributed by atoms with Crippen LogP contribution in [-0.2, 0) is 6.18 Å². The third-order valence-corrected chi connectivity index (χ3v) is 3.85. The van der Waals surface area contributed by atoms with Crippen molar-refractivity contribution in [1.82, 2.24) is 15.3 Å². The minimum Gasteiger partial charge on any atom is -0.362 e. The van der Waals surface area contributed by atoms with Gasteiger partial charge in [0.15, 0.2) is 11.5 Å². The van der Waals surface area contributed by atoms with Gasteiger partial charge in [-0.2, -0.15) is 18.2 Å². The second-order valence-corrected chi connectivity index (χ2v) is 5.65. The van der Waals surface area contributed by atoms with E-state index in [1.165, 1.54) is 7.05 Å². The maximum absolute atomic E-state index is 13.2. The molecule has 0 spiro atoms. The fourth-order valence-electron chi connectivity index (χ4n) is 2.22. The summed E-state index contributed by atoms with van der Waals surface area (Å²) in [6.45, 7) is 1.87. The molecule has 1 aromatic heterocycles. The lowest BCUT2D eigenvalue weighted by Gasteiger charge is -2.20. The molecule has 2 rings (SSSR count). The Morgan fingerprint density at radius 2 is 1.88 bits per heavy atom. The second kappa shape index (κ2) is 8.22. The fourth-order valence-corrected chi connectivity index (χ4v) is 2.47. The Hall–Kier alpha value is -2.55. The minimum absolute atomic E-state index is 0.212. The van der Waals surface area contributed by atoms with Gasteiger partial charge in [0.1, 0.15) is 5.02 Å². The van der Waals surface area contributed by atoms with Crippen molar-refractivity contribution in [3.05, 3.63) is 46.6 Å². The van der Waals surface area contributed by atoms with Gasteiger partial charge in [0.25, 0.3) is 0 Å². The summed E-state index contributed by atoms with van der Waals surface area (Å²) in [5.74, 6) is -0.720. The summed E-state index contributed by atoms with van der Waals surface area (Å²) < 4.78 is 39.7. The van der Waals surface area contributed by atoms with Crippen molar-refractivity contribution >= 4 is 29.4 Å². The number of nitrogens with zero attached hydrogens (tertiary/aromatic N) is 2. The number of hydrogen-bond donors (Lipinski definition) is 3. The van der Waals surface area contributed by atoms with Gasteiger partial charge in [-0.25, -0.2) is 9.78 Å². The van der Waals surface area contributed by atoms with Crippen LogP contribution >= 0.6 is 11.6 Å². The summed E-state index contributed by atoms with van der Waals surface area (Å²) in [6, 6.07) is 8.08. The number of anilines is 2. The maximum atomic E-state index is 13.2. The van der Waals surface area contributed by atoms with Crippen LogP contribution < -0.4 is 16.0 Å². The van der Waals surface area contributed by atoms with Gasteiger partial charge in [-0.05, 0) is 12.0 Å². The Morgan fingerprint density at radius 1 is 1.23 bits per heavy atom. The molecule has 1 atom stereocenters. The van der Waals surface area contributed by atoms with Crippen LogP contribution in [0.25, 0.3) is 0 Å². The molecule has 0 radical (unpaired) electrons. The Bertz CT molecular complexity index is 770. The average Bonchev–Trinajstić information content (AvgIpc) is 2.61. The van der Waals surface area contributed by atoms with Crippen LogP contribution in [0.3, 0.4) is 0 Å². The van der Waals surface area contributed by atoms with Crippen molar-refractivity contribution in [3.63, 3.8) is 0 Å². The lowest BCUT2D eigenvalue weighted by molar-refractivity contribution is -0.141. The molecule has 0 aliphatic carbocycles. The lowest BCUT2D eigenvalue weighted by Crippen LogP contribution is -2.27. The van der Waals surface area contributed by atoms with E-state index in [2.05, 4.69) is 25.9 Å². The third kappa shape index (κ3) is 4.75. The van der Waals surface area contributed by atoms with E-state index < -0.39 is 28.9 Å². The van der Waals surface area contributed by atoms with E-state index in [1.54, 1.807) is 0 Å². The number of carbonyl (C=O) groups excluding carboxylic acids is 1. The topological polar surface area (TPSA) is 78.9 Å². The van der Waals surface area contributed by atoms with Gasteiger partial charge in [0, 0.05) is 7.05 Å². The first-order valence-electron chi connectivity index (χ1n) is 7.71. The normalized spacial score (nSPS) is 12.4. The van der Waals surface area contributed by atoms with Crippen molar-refractivity contribution in [2.24, 2.45) is 0 Å². The zero-order chi connectivity index (χ0) is 19.3. The van der Waals surface area contributed by atoms with Crippen molar-refractivity contribution in [2.45, 2.75) is 25.6 Å². The number of rotatable bonds is 5. The van der Waals surface area contributed by atoms with Crippen molar-refractivity contribution in [1.29, 1.82) is 0 Å². The second-order valence-electron chi connectivity index (χ2n) is 5.28. The monoisotopic (exact) mass is 387 g/mol. The van der Waals surface area contributed by atoms with Crippen LogP contribution in [0.5, 0.6) is 0 Å². The Morgan fingerprint density at radius 3 is 2.42 bits per heavy atom. The van der Waals surface area contributed by atoms with E-state index in [-0.39, 0.29) is 11.9 Å². The smallest absolute Gasteiger partial charge is 0.362 e. The van der Waals surface area contributed by atoms with Gasteiger partial charge in [0.2, 0.25) is 5.95 Å². The molecule has 2 amide bonds. The van der Waals surface area contributed by atoms with Gasteiger partial charge >= 0.3 is 12.2 Å². The lowest BCUT2D eigenvalue weighted by atomic mass is 10.0.